The Hall–Kier alpha value is -2.67. The number of hydrogen-bond donors (Lipinski definition) is 0. The fraction of sp³-hybridized carbons (Fsp3) is 0.154. The van der Waals surface area contributed by atoms with Gasteiger partial charge < -0.3 is 4.90 Å². The molecule has 1 fully saturated rings. The van der Waals surface area contributed by atoms with E-state index in [9.17, 15) is 4.79 Å². The maximum Gasteiger partial charge on any atom is 0.274 e. The van der Waals surface area contributed by atoms with Gasteiger partial charge in [-0.25, -0.2) is 0 Å². The van der Waals surface area contributed by atoms with Crippen LogP contribution in [0.3, 0.4) is 0 Å². The van der Waals surface area contributed by atoms with Gasteiger partial charge >= 0.3 is 0 Å². The third-order valence-corrected chi connectivity index (χ3v) is 8.26. The van der Waals surface area contributed by atoms with Gasteiger partial charge in [-0.1, -0.05) is 65.8 Å². The molecule has 0 radical (unpaired) electrons. The molecule has 0 bridgehead atoms. The van der Waals surface area contributed by atoms with Crippen molar-refractivity contribution in [3.05, 3.63) is 98.9 Å². The molecule has 0 saturated carbocycles. The first-order valence-electron chi connectivity index (χ1n) is 10.6. The number of thioether (sulfide) groups is 2. The summed E-state index contributed by atoms with van der Waals surface area (Å²) in [4.78, 5) is 24.3. The highest BCUT2D eigenvalue weighted by atomic mass is 35.5. The number of hydrogen-bond acceptors (Lipinski definition) is 5. The number of aliphatic imine (C=N–C) groups is 1. The standard InChI is InChI=1S/C26H22ClN3OS2/c1-16-8-7-11-20(14-16)30-24(31)23(25-29(3)21-15-19(27)12-13-22(21)32-25)33-26(30)28-17(2)18-9-5-4-6-10-18/h4-15,17H,1-3H3/b25-23-,28-26?/t17-/m1/s1. The van der Waals surface area contributed by atoms with E-state index in [0.29, 0.717) is 15.1 Å². The number of halogens is 1. The van der Waals surface area contributed by atoms with Gasteiger partial charge in [0.15, 0.2) is 5.17 Å². The topological polar surface area (TPSA) is 35.9 Å². The lowest BCUT2D eigenvalue weighted by Gasteiger charge is -2.18. The van der Waals surface area contributed by atoms with E-state index < -0.39 is 0 Å². The molecule has 4 nitrogen and oxygen atoms in total. The van der Waals surface area contributed by atoms with Crippen molar-refractivity contribution in [3.8, 4) is 0 Å². The lowest BCUT2D eigenvalue weighted by molar-refractivity contribution is -0.113. The molecule has 0 aliphatic carbocycles. The molecule has 3 aromatic rings. The largest absolute Gasteiger partial charge is 0.337 e. The summed E-state index contributed by atoms with van der Waals surface area (Å²) in [5.74, 6) is -0.0575. The van der Waals surface area contributed by atoms with Crippen LogP contribution in [0.4, 0.5) is 11.4 Å². The molecule has 1 atom stereocenters. The van der Waals surface area contributed by atoms with Gasteiger partial charge in [-0.3, -0.25) is 14.7 Å². The maximum atomic E-state index is 13.8. The van der Waals surface area contributed by atoms with Crippen molar-refractivity contribution in [3.63, 3.8) is 0 Å². The number of nitrogens with zero attached hydrogens (tertiary/aromatic N) is 3. The normalized spacial score (nSPS) is 20.0. The highest BCUT2D eigenvalue weighted by molar-refractivity contribution is 8.20. The van der Waals surface area contributed by atoms with Crippen molar-refractivity contribution >= 4 is 57.6 Å². The Labute approximate surface area is 207 Å². The van der Waals surface area contributed by atoms with E-state index >= 15 is 0 Å². The molecule has 1 amide bonds. The first-order valence-corrected chi connectivity index (χ1v) is 12.6. The zero-order valence-electron chi connectivity index (χ0n) is 18.4. The van der Waals surface area contributed by atoms with Crippen LogP contribution in [-0.2, 0) is 4.79 Å². The highest BCUT2D eigenvalue weighted by Crippen LogP contribution is 2.51. The van der Waals surface area contributed by atoms with E-state index in [4.69, 9.17) is 16.6 Å². The fourth-order valence-electron chi connectivity index (χ4n) is 3.87. The van der Waals surface area contributed by atoms with Gasteiger partial charge in [-0.2, -0.15) is 0 Å². The summed E-state index contributed by atoms with van der Waals surface area (Å²) in [7, 11) is 1.98. The number of rotatable bonds is 3. The van der Waals surface area contributed by atoms with Crippen LogP contribution in [0.25, 0.3) is 0 Å². The van der Waals surface area contributed by atoms with Gasteiger partial charge in [0, 0.05) is 17.0 Å². The molecule has 2 aliphatic heterocycles. The van der Waals surface area contributed by atoms with Gasteiger partial charge in [0.1, 0.15) is 4.91 Å². The monoisotopic (exact) mass is 491 g/mol. The van der Waals surface area contributed by atoms with Crippen LogP contribution in [0, 0.1) is 6.92 Å². The molecular formula is C26H22ClN3OS2. The average molecular weight is 492 g/mol. The number of fused-ring (bicyclic) bond motifs is 1. The van der Waals surface area contributed by atoms with Crippen molar-refractivity contribution < 1.29 is 4.79 Å². The molecule has 0 aromatic heterocycles. The Kier molecular flexibility index (Phi) is 5.99. The molecule has 0 N–H and O–H groups in total. The summed E-state index contributed by atoms with van der Waals surface area (Å²) in [5.41, 5.74) is 4.04. The first-order chi connectivity index (χ1) is 15.9. The summed E-state index contributed by atoms with van der Waals surface area (Å²) in [6.07, 6.45) is 0. The maximum absolute atomic E-state index is 13.8. The van der Waals surface area contributed by atoms with Crippen molar-refractivity contribution in [1.82, 2.24) is 0 Å². The van der Waals surface area contributed by atoms with Crippen LogP contribution in [0.5, 0.6) is 0 Å². The van der Waals surface area contributed by atoms with Crippen molar-refractivity contribution in [2.75, 3.05) is 16.8 Å². The number of aryl methyl sites for hydroxylation is 1. The van der Waals surface area contributed by atoms with Crippen molar-refractivity contribution in [2.45, 2.75) is 24.8 Å². The number of anilines is 2. The molecule has 33 heavy (non-hydrogen) atoms. The summed E-state index contributed by atoms with van der Waals surface area (Å²) in [6, 6.07) is 23.9. The number of benzene rings is 3. The van der Waals surface area contributed by atoms with E-state index in [2.05, 4.69) is 19.1 Å². The molecule has 7 heteroatoms. The molecule has 3 aromatic carbocycles. The third kappa shape index (κ3) is 4.19. The molecule has 2 aliphatic rings. The zero-order chi connectivity index (χ0) is 23.1. The molecular weight excluding hydrogens is 470 g/mol. The summed E-state index contributed by atoms with van der Waals surface area (Å²) < 4.78 is 0. The Balaban J connectivity index is 1.59. The molecule has 1 saturated heterocycles. The number of amidine groups is 1. The summed E-state index contributed by atoms with van der Waals surface area (Å²) >= 11 is 9.26. The quantitative estimate of drug-likeness (QED) is 0.361. The predicted molar refractivity (Wildman–Crippen MR) is 141 cm³/mol. The van der Waals surface area contributed by atoms with E-state index in [1.165, 1.54) is 11.8 Å². The second kappa shape index (κ2) is 8.93. The molecule has 166 valence electrons. The lowest BCUT2D eigenvalue weighted by atomic mass is 10.1. The third-order valence-electron chi connectivity index (χ3n) is 5.62. The second-order valence-electron chi connectivity index (χ2n) is 7.99. The summed E-state index contributed by atoms with van der Waals surface area (Å²) in [6.45, 7) is 4.09. The van der Waals surface area contributed by atoms with Crippen LogP contribution in [0.2, 0.25) is 5.02 Å². The minimum atomic E-state index is -0.0804. The Morgan fingerprint density at radius 1 is 0.970 bits per heavy atom. The van der Waals surface area contributed by atoms with Gasteiger partial charge in [0.2, 0.25) is 0 Å². The smallest absolute Gasteiger partial charge is 0.274 e. The van der Waals surface area contributed by atoms with Gasteiger partial charge in [-0.05, 0) is 67.1 Å². The number of carbonyl (C=O) groups excluding carboxylic acids is 1. The minimum Gasteiger partial charge on any atom is -0.337 e. The van der Waals surface area contributed by atoms with Crippen LogP contribution in [-0.4, -0.2) is 18.1 Å². The Morgan fingerprint density at radius 3 is 2.52 bits per heavy atom. The zero-order valence-corrected chi connectivity index (χ0v) is 20.8. The van der Waals surface area contributed by atoms with Crippen LogP contribution in [0.1, 0.15) is 24.1 Å². The molecule has 0 unspecified atom stereocenters. The summed E-state index contributed by atoms with van der Waals surface area (Å²) in [5, 5.41) is 2.27. The first kappa shape index (κ1) is 22.1. The van der Waals surface area contributed by atoms with E-state index in [0.717, 1.165) is 32.4 Å². The number of carbonyl (C=O) groups is 1. The molecule has 5 rings (SSSR count). The predicted octanol–water partition coefficient (Wildman–Crippen LogP) is 7.26. The second-order valence-corrected chi connectivity index (χ2v) is 10.4. The van der Waals surface area contributed by atoms with Gasteiger partial charge in [0.25, 0.3) is 5.91 Å². The van der Waals surface area contributed by atoms with E-state index in [1.807, 2.05) is 79.5 Å². The Morgan fingerprint density at radius 2 is 1.76 bits per heavy atom. The van der Waals surface area contributed by atoms with Crippen LogP contribution < -0.4 is 9.80 Å². The number of amides is 1. The highest BCUT2D eigenvalue weighted by Gasteiger charge is 2.40. The van der Waals surface area contributed by atoms with Crippen LogP contribution >= 0.6 is 35.1 Å². The van der Waals surface area contributed by atoms with Crippen molar-refractivity contribution in [2.24, 2.45) is 4.99 Å². The fourth-order valence-corrected chi connectivity index (χ4v) is 6.43. The van der Waals surface area contributed by atoms with Crippen molar-refractivity contribution in [1.29, 1.82) is 0 Å². The van der Waals surface area contributed by atoms with Crippen LogP contribution in [0.15, 0.2) is 92.6 Å². The van der Waals surface area contributed by atoms with Gasteiger partial charge in [0.05, 0.1) is 22.4 Å². The van der Waals surface area contributed by atoms with E-state index in [-0.39, 0.29) is 11.9 Å². The molecule has 2 heterocycles. The lowest BCUT2D eigenvalue weighted by Crippen LogP contribution is -2.29. The SMILES string of the molecule is Cc1cccc(N2C(=O)/C(=C3/Sc4ccc(Cl)cc4N3C)SC2=N[C@H](C)c2ccccc2)c1. The van der Waals surface area contributed by atoms with Gasteiger partial charge in [-0.15, -0.1) is 0 Å². The van der Waals surface area contributed by atoms with E-state index in [1.54, 1.807) is 16.7 Å². The molecule has 0 spiro atoms. The Bertz CT molecular complexity index is 1310. The average Bonchev–Trinajstić information content (AvgIpc) is 3.30. The minimum absolute atomic E-state index is 0.0575.